The van der Waals surface area contributed by atoms with Crippen LogP contribution in [0.1, 0.15) is 42.9 Å². The van der Waals surface area contributed by atoms with Crippen molar-refractivity contribution < 1.29 is 8.42 Å². The lowest BCUT2D eigenvalue weighted by Gasteiger charge is -2.19. The first-order valence-corrected chi connectivity index (χ1v) is 8.41. The molecule has 1 fully saturated rings. The summed E-state index contributed by atoms with van der Waals surface area (Å²) in [6, 6.07) is 5.86. The third-order valence-corrected chi connectivity index (χ3v) is 4.72. The van der Waals surface area contributed by atoms with Crippen molar-refractivity contribution in [2.45, 2.75) is 43.5 Å². The van der Waals surface area contributed by atoms with E-state index in [-0.39, 0.29) is 0 Å². The van der Waals surface area contributed by atoms with Gasteiger partial charge in [0, 0.05) is 12.3 Å². The molecular formula is C14H21NO2S. The number of hydrogen-bond acceptors (Lipinski definition) is 3. The molecule has 0 bridgehead atoms. The van der Waals surface area contributed by atoms with Crippen molar-refractivity contribution in [1.29, 1.82) is 0 Å². The molecule has 1 saturated heterocycles. The van der Waals surface area contributed by atoms with E-state index in [4.69, 9.17) is 0 Å². The van der Waals surface area contributed by atoms with Gasteiger partial charge in [0.15, 0.2) is 9.84 Å². The summed E-state index contributed by atoms with van der Waals surface area (Å²) in [7, 11) is -3.10. The Kier molecular flexibility index (Phi) is 4.07. The highest BCUT2D eigenvalue weighted by Gasteiger charge is 2.17. The van der Waals surface area contributed by atoms with Gasteiger partial charge in [-0.3, -0.25) is 0 Å². The molecule has 1 atom stereocenters. The van der Waals surface area contributed by atoms with E-state index in [9.17, 15) is 8.42 Å². The van der Waals surface area contributed by atoms with Crippen LogP contribution in [-0.4, -0.2) is 21.2 Å². The number of benzene rings is 1. The van der Waals surface area contributed by atoms with Crippen LogP contribution in [-0.2, 0) is 9.84 Å². The Labute approximate surface area is 110 Å². The molecular weight excluding hydrogens is 246 g/mol. The average molecular weight is 267 g/mol. The standard InChI is InChI=1S/C14H21NO2S/c1-11-10-12(18(2,16)17)7-8-13(11)14-6-4-3-5-9-15-14/h7-8,10,14-15H,3-6,9H2,1-2H3. The maximum atomic E-state index is 11.5. The molecule has 18 heavy (non-hydrogen) atoms. The molecule has 0 radical (unpaired) electrons. The molecule has 0 spiro atoms. The van der Waals surface area contributed by atoms with Crippen LogP contribution < -0.4 is 5.32 Å². The van der Waals surface area contributed by atoms with Crippen LogP contribution in [0, 0.1) is 6.92 Å². The topological polar surface area (TPSA) is 46.2 Å². The molecule has 1 aromatic rings. The summed E-state index contributed by atoms with van der Waals surface area (Å²) in [4.78, 5) is 0.414. The van der Waals surface area contributed by atoms with E-state index < -0.39 is 9.84 Å². The van der Waals surface area contributed by atoms with Gasteiger partial charge >= 0.3 is 0 Å². The molecule has 1 heterocycles. The van der Waals surface area contributed by atoms with Crippen LogP contribution in [0.2, 0.25) is 0 Å². The Hall–Kier alpha value is -0.870. The molecule has 0 aromatic heterocycles. The van der Waals surface area contributed by atoms with Crippen LogP contribution in [0.4, 0.5) is 0 Å². The van der Waals surface area contributed by atoms with Crippen LogP contribution in [0.5, 0.6) is 0 Å². The second-order valence-electron chi connectivity index (χ2n) is 5.15. The maximum Gasteiger partial charge on any atom is 0.175 e. The smallest absolute Gasteiger partial charge is 0.175 e. The Morgan fingerprint density at radius 3 is 2.67 bits per heavy atom. The summed E-state index contributed by atoms with van der Waals surface area (Å²) in [6.45, 7) is 3.05. The highest BCUT2D eigenvalue weighted by Crippen LogP contribution is 2.26. The molecule has 1 aromatic carbocycles. The van der Waals surface area contributed by atoms with Crippen molar-refractivity contribution in [3.8, 4) is 0 Å². The van der Waals surface area contributed by atoms with Crippen LogP contribution in [0.3, 0.4) is 0 Å². The highest BCUT2D eigenvalue weighted by molar-refractivity contribution is 7.90. The lowest BCUT2D eigenvalue weighted by Crippen LogP contribution is -2.21. The quantitative estimate of drug-likeness (QED) is 0.896. The first-order valence-electron chi connectivity index (χ1n) is 6.52. The van der Waals surface area contributed by atoms with Gasteiger partial charge in [-0.1, -0.05) is 18.9 Å². The van der Waals surface area contributed by atoms with Crippen LogP contribution in [0.15, 0.2) is 23.1 Å². The Morgan fingerprint density at radius 2 is 2.00 bits per heavy atom. The van der Waals surface area contributed by atoms with Crippen molar-refractivity contribution in [3.05, 3.63) is 29.3 Å². The summed E-state index contributed by atoms with van der Waals surface area (Å²) in [5, 5.41) is 3.55. The predicted molar refractivity (Wildman–Crippen MR) is 73.5 cm³/mol. The zero-order valence-corrected chi connectivity index (χ0v) is 11.9. The van der Waals surface area contributed by atoms with E-state index in [2.05, 4.69) is 5.32 Å². The lowest BCUT2D eigenvalue weighted by atomic mass is 9.98. The molecule has 0 saturated carbocycles. The largest absolute Gasteiger partial charge is 0.310 e. The van der Waals surface area contributed by atoms with Gasteiger partial charge in [0.2, 0.25) is 0 Å². The van der Waals surface area contributed by atoms with E-state index in [1.54, 1.807) is 12.1 Å². The van der Waals surface area contributed by atoms with Crippen LogP contribution in [0.25, 0.3) is 0 Å². The van der Waals surface area contributed by atoms with Gasteiger partial charge in [0.05, 0.1) is 4.90 Å². The van der Waals surface area contributed by atoms with E-state index in [0.717, 1.165) is 18.5 Å². The minimum absolute atomic E-state index is 0.376. The van der Waals surface area contributed by atoms with Gasteiger partial charge < -0.3 is 5.32 Å². The third kappa shape index (κ3) is 3.12. The fourth-order valence-corrected chi connectivity index (χ4v) is 3.27. The highest BCUT2D eigenvalue weighted by atomic mass is 32.2. The second-order valence-corrected chi connectivity index (χ2v) is 7.16. The Bertz CT molecular complexity index is 515. The number of sulfone groups is 1. The molecule has 4 heteroatoms. The molecule has 100 valence electrons. The number of nitrogens with one attached hydrogen (secondary N) is 1. The number of hydrogen-bond donors (Lipinski definition) is 1. The molecule has 1 aliphatic rings. The SMILES string of the molecule is Cc1cc(S(C)(=O)=O)ccc1C1CCCCCN1. The zero-order chi connectivity index (χ0) is 13.2. The van der Waals surface area contributed by atoms with E-state index >= 15 is 0 Å². The minimum Gasteiger partial charge on any atom is -0.310 e. The van der Waals surface area contributed by atoms with Gasteiger partial charge in [-0.15, -0.1) is 0 Å². The van der Waals surface area contributed by atoms with Gasteiger partial charge in [-0.2, -0.15) is 0 Å². The fourth-order valence-electron chi connectivity index (χ4n) is 2.56. The molecule has 2 rings (SSSR count). The summed E-state index contributed by atoms with van der Waals surface area (Å²) >= 11 is 0. The van der Waals surface area contributed by atoms with Crippen molar-refractivity contribution in [2.75, 3.05) is 12.8 Å². The van der Waals surface area contributed by atoms with E-state index in [0.29, 0.717) is 10.9 Å². The monoisotopic (exact) mass is 267 g/mol. The van der Waals surface area contributed by atoms with Gasteiger partial charge in [0.25, 0.3) is 0 Å². The van der Waals surface area contributed by atoms with Crippen LogP contribution >= 0.6 is 0 Å². The molecule has 0 amide bonds. The van der Waals surface area contributed by atoms with Crippen molar-refractivity contribution in [2.24, 2.45) is 0 Å². The molecule has 1 N–H and O–H groups in total. The molecule has 3 nitrogen and oxygen atoms in total. The van der Waals surface area contributed by atoms with Crippen molar-refractivity contribution >= 4 is 9.84 Å². The Balaban J connectivity index is 2.29. The first kappa shape index (κ1) is 13.6. The van der Waals surface area contributed by atoms with Crippen molar-refractivity contribution in [1.82, 2.24) is 5.32 Å². The zero-order valence-electron chi connectivity index (χ0n) is 11.1. The first-order chi connectivity index (χ1) is 8.48. The van der Waals surface area contributed by atoms with Gasteiger partial charge in [-0.05, 0) is 49.6 Å². The van der Waals surface area contributed by atoms with Gasteiger partial charge in [0.1, 0.15) is 0 Å². The minimum atomic E-state index is -3.10. The number of aryl methyl sites for hydroxylation is 1. The predicted octanol–water partition coefficient (Wildman–Crippen LogP) is 2.60. The molecule has 0 aliphatic carbocycles. The van der Waals surface area contributed by atoms with Gasteiger partial charge in [-0.25, -0.2) is 8.42 Å². The fraction of sp³-hybridized carbons (Fsp3) is 0.571. The summed E-state index contributed by atoms with van der Waals surface area (Å²) in [5.74, 6) is 0. The summed E-state index contributed by atoms with van der Waals surface area (Å²) in [5.41, 5.74) is 2.31. The lowest BCUT2D eigenvalue weighted by molar-refractivity contribution is 0.532. The van der Waals surface area contributed by atoms with Crippen molar-refractivity contribution in [3.63, 3.8) is 0 Å². The molecule has 1 unspecified atom stereocenters. The maximum absolute atomic E-state index is 11.5. The normalized spacial score (nSPS) is 21.6. The third-order valence-electron chi connectivity index (χ3n) is 3.61. The van der Waals surface area contributed by atoms with E-state index in [1.165, 1.54) is 31.1 Å². The summed E-state index contributed by atoms with van der Waals surface area (Å²) in [6.07, 6.45) is 6.15. The van der Waals surface area contributed by atoms with E-state index in [1.807, 2.05) is 13.0 Å². The average Bonchev–Trinajstić information content (AvgIpc) is 2.56. The second kappa shape index (κ2) is 5.41. The Morgan fingerprint density at radius 1 is 1.22 bits per heavy atom. The number of rotatable bonds is 2. The molecule has 1 aliphatic heterocycles. The summed E-state index contributed by atoms with van der Waals surface area (Å²) < 4.78 is 23.0.